The number of carbonyl (C=O) groups is 1. The summed E-state index contributed by atoms with van der Waals surface area (Å²) in [7, 11) is 0. The number of rotatable bonds is 2. The van der Waals surface area contributed by atoms with Crippen molar-refractivity contribution in [3.63, 3.8) is 0 Å². The van der Waals surface area contributed by atoms with Crippen LogP contribution in [0, 0.1) is 5.92 Å². The highest BCUT2D eigenvalue weighted by atomic mass is 16.2. The Kier molecular flexibility index (Phi) is 3.22. The fourth-order valence-electron chi connectivity index (χ4n) is 2.40. The highest BCUT2D eigenvalue weighted by Crippen LogP contribution is 2.29. The SMILES string of the molecule is CC(C(=O)NN)C1=NC(C)(C)Cc2ccccc21. The van der Waals surface area contributed by atoms with Crippen LogP contribution in [0.4, 0.5) is 0 Å². The van der Waals surface area contributed by atoms with Gasteiger partial charge in [-0.05, 0) is 38.3 Å². The molecule has 1 aromatic rings. The van der Waals surface area contributed by atoms with Crippen LogP contribution in [0.1, 0.15) is 31.9 Å². The number of fused-ring (bicyclic) bond motifs is 1. The minimum absolute atomic E-state index is 0.174. The molecule has 0 saturated heterocycles. The standard InChI is InChI=1S/C14H19N3O/c1-9(13(18)17-15)12-11-7-5-4-6-10(11)8-14(2,3)16-12/h4-7,9H,8,15H2,1-3H3,(H,17,18). The molecule has 1 aromatic carbocycles. The Bertz CT molecular complexity index is 506. The van der Waals surface area contributed by atoms with Gasteiger partial charge < -0.3 is 0 Å². The van der Waals surface area contributed by atoms with Crippen molar-refractivity contribution in [2.24, 2.45) is 16.8 Å². The molecule has 0 bridgehead atoms. The molecule has 18 heavy (non-hydrogen) atoms. The van der Waals surface area contributed by atoms with Crippen molar-refractivity contribution in [1.82, 2.24) is 5.43 Å². The van der Waals surface area contributed by atoms with Gasteiger partial charge in [-0.2, -0.15) is 0 Å². The Labute approximate surface area is 107 Å². The zero-order chi connectivity index (χ0) is 13.3. The first kappa shape index (κ1) is 12.8. The fourth-order valence-corrected chi connectivity index (χ4v) is 2.40. The molecule has 3 N–H and O–H groups in total. The lowest BCUT2D eigenvalue weighted by Crippen LogP contribution is -2.41. The topological polar surface area (TPSA) is 67.5 Å². The van der Waals surface area contributed by atoms with Crippen molar-refractivity contribution >= 4 is 11.6 Å². The molecular formula is C14H19N3O. The van der Waals surface area contributed by atoms with Gasteiger partial charge in [-0.3, -0.25) is 15.2 Å². The first-order chi connectivity index (χ1) is 8.44. The smallest absolute Gasteiger partial charge is 0.242 e. The fraction of sp³-hybridized carbons (Fsp3) is 0.429. The van der Waals surface area contributed by atoms with Gasteiger partial charge in [-0.15, -0.1) is 0 Å². The third-order valence-corrected chi connectivity index (χ3v) is 3.29. The van der Waals surface area contributed by atoms with E-state index in [0.717, 1.165) is 17.7 Å². The molecule has 0 saturated carbocycles. The van der Waals surface area contributed by atoms with E-state index in [4.69, 9.17) is 10.8 Å². The number of nitrogens with two attached hydrogens (primary N) is 1. The van der Waals surface area contributed by atoms with Crippen LogP contribution in [0.25, 0.3) is 0 Å². The molecule has 4 nitrogen and oxygen atoms in total. The molecule has 1 atom stereocenters. The summed E-state index contributed by atoms with van der Waals surface area (Å²) < 4.78 is 0. The van der Waals surface area contributed by atoms with Gasteiger partial charge in [0.05, 0.1) is 17.2 Å². The van der Waals surface area contributed by atoms with Crippen molar-refractivity contribution < 1.29 is 4.79 Å². The van der Waals surface area contributed by atoms with E-state index in [9.17, 15) is 4.79 Å². The average Bonchev–Trinajstić information content (AvgIpc) is 2.34. The normalized spacial score (nSPS) is 18.6. The van der Waals surface area contributed by atoms with Crippen LogP contribution in [0.5, 0.6) is 0 Å². The predicted molar refractivity (Wildman–Crippen MR) is 72.3 cm³/mol. The molecule has 0 fully saturated rings. The number of carbonyl (C=O) groups excluding carboxylic acids is 1. The Morgan fingerprint density at radius 2 is 2.11 bits per heavy atom. The molecule has 1 unspecified atom stereocenters. The highest BCUT2D eigenvalue weighted by Gasteiger charge is 2.30. The summed E-state index contributed by atoms with van der Waals surface area (Å²) in [6.45, 7) is 5.99. The molecule has 1 aliphatic heterocycles. The largest absolute Gasteiger partial charge is 0.294 e. The zero-order valence-electron chi connectivity index (χ0n) is 11.0. The van der Waals surface area contributed by atoms with Gasteiger partial charge >= 0.3 is 0 Å². The average molecular weight is 245 g/mol. The number of hydrogen-bond acceptors (Lipinski definition) is 3. The predicted octanol–water partition coefficient (Wildman–Crippen LogP) is 1.44. The second kappa shape index (κ2) is 4.53. The van der Waals surface area contributed by atoms with Gasteiger partial charge in [0, 0.05) is 0 Å². The summed E-state index contributed by atoms with van der Waals surface area (Å²) in [4.78, 5) is 16.4. The number of hydrogen-bond donors (Lipinski definition) is 2. The molecule has 96 valence electrons. The van der Waals surface area contributed by atoms with Crippen molar-refractivity contribution in [1.29, 1.82) is 0 Å². The van der Waals surface area contributed by atoms with Crippen LogP contribution >= 0.6 is 0 Å². The first-order valence-corrected chi connectivity index (χ1v) is 6.13. The lowest BCUT2D eigenvalue weighted by Gasteiger charge is -2.30. The summed E-state index contributed by atoms with van der Waals surface area (Å²) >= 11 is 0. The van der Waals surface area contributed by atoms with Gasteiger partial charge in [-0.1, -0.05) is 24.3 Å². The van der Waals surface area contributed by atoms with E-state index < -0.39 is 0 Å². The van der Waals surface area contributed by atoms with Gasteiger partial charge in [0.2, 0.25) is 5.91 Å². The van der Waals surface area contributed by atoms with E-state index in [1.54, 1.807) is 0 Å². The number of hydrazine groups is 1. The van der Waals surface area contributed by atoms with Crippen LogP contribution in [-0.4, -0.2) is 17.2 Å². The Balaban J connectivity index is 2.49. The van der Waals surface area contributed by atoms with Gasteiger partial charge in [0.1, 0.15) is 0 Å². The first-order valence-electron chi connectivity index (χ1n) is 6.13. The van der Waals surface area contributed by atoms with Crippen LogP contribution in [-0.2, 0) is 11.2 Å². The van der Waals surface area contributed by atoms with E-state index >= 15 is 0 Å². The lowest BCUT2D eigenvalue weighted by molar-refractivity contribution is -0.122. The molecule has 0 aliphatic carbocycles. The Morgan fingerprint density at radius 3 is 2.78 bits per heavy atom. The second-order valence-electron chi connectivity index (χ2n) is 5.37. The summed E-state index contributed by atoms with van der Waals surface area (Å²) in [5.74, 6) is 4.67. The molecule has 1 heterocycles. The van der Waals surface area contributed by atoms with Crippen molar-refractivity contribution in [2.75, 3.05) is 0 Å². The molecule has 0 spiro atoms. The van der Waals surface area contributed by atoms with Gasteiger partial charge in [0.15, 0.2) is 0 Å². The molecule has 1 amide bonds. The Hall–Kier alpha value is -1.68. The number of nitrogens with one attached hydrogen (secondary N) is 1. The monoisotopic (exact) mass is 245 g/mol. The quantitative estimate of drug-likeness (QED) is 0.470. The maximum Gasteiger partial charge on any atom is 0.242 e. The highest BCUT2D eigenvalue weighted by molar-refractivity contribution is 6.14. The number of aliphatic imine (C=N–C) groups is 1. The van der Waals surface area contributed by atoms with Crippen LogP contribution < -0.4 is 11.3 Å². The molecule has 0 radical (unpaired) electrons. The van der Waals surface area contributed by atoms with E-state index in [2.05, 4.69) is 25.3 Å². The summed E-state index contributed by atoms with van der Waals surface area (Å²) in [6, 6.07) is 8.10. The van der Waals surface area contributed by atoms with E-state index in [1.165, 1.54) is 5.56 Å². The summed E-state index contributed by atoms with van der Waals surface area (Å²) in [5, 5.41) is 0. The molecule has 0 aromatic heterocycles. The maximum absolute atomic E-state index is 11.7. The second-order valence-corrected chi connectivity index (χ2v) is 5.37. The number of nitrogens with zero attached hydrogens (tertiary/aromatic N) is 1. The van der Waals surface area contributed by atoms with E-state index in [-0.39, 0.29) is 17.4 Å². The van der Waals surface area contributed by atoms with Crippen molar-refractivity contribution in [2.45, 2.75) is 32.7 Å². The van der Waals surface area contributed by atoms with E-state index in [0.29, 0.717) is 0 Å². The number of benzene rings is 1. The summed E-state index contributed by atoms with van der Waals surface area (Å²) in [6.07, 6.45) is 0.892. The third kappa shape index (κ3) is 2.29. The lowest BCUT2D eigenvalue weighted by atomic mass is 9.83. The van der Waals surface area contributed by atoms with Gasteiger partial charge in [-0.25, -0.2) is 5.84 Å². The Morgan fingerprint density at radius 1 is 1.44 bits per heavy atom. The molecule has 4 heteroatoms. The molecular weight excluding hydrogens is 226 g/mol. The van der Waals surface area contributed by atoms with Crippen molar-refractivity contribution in [3.8, 4) is 0 Å². The third-order valence-electron chi connectivity index (χ3n) is 3.29. The zero-order valence-corrected chi connectivity index (χ0v) is 11.0. The van der Waals surface area contributed by atoms with Gasteiger partial charge in [0.25, 0.3) is 0 Å². The van der Waals surface area contributed by atoms with Crippen molar-refractivity contribution in [3.05, 3.63) is 35.4 Å². The minimum atomic E-state index is -0.337. The number of amides is 1. The van der Waals surface area contributed by atoms with Crippen LogP contribution in [0.15, 0.2) is 29.3 Å². The van der Waals surface area contributed by atoms with Crippen LogP contribution in [0.3, 0.4) is 0 Å². The van der Waals surface area contributed by atoms with E-state index in [1.807, 2.05) is 25.1 Å². The minimum Gasteiger partial charge on any atom is -0.294 e. The molecule has 2 rings (SSSR count). The van der Waals surface area contributed by atoms with Crippen LogP contribution in [0.2, 0.25) is 0 Å². The molecule has 1 aliphatic rings. The maximum atomic E-state index is 11.7. The summed E-state index contributed by atoms with van der Waals surface area (Å²) in [5.41, 5.74) is 5.15.